The summed E-state index contributed by atoms with van der Waals surface area (Å²) in [6.45, 7) is 10.6. The number of carbonyl (C=O) groups excluding carboxylic acids is 1. The molecule has 27 heavy (non-hydrogen) atoms. The van der Waals surface area contributed by atoms with Gasteiger partial charge in [0.05, 0.1) is 11.8 Å². The first-order valence-corrected chi connectivity index (χ1v) is 9.34. The Bertz CT molecular complexity index is 912. The van der Waals surface area contributed by atoms with Crippen molar-refractivity contribution < 1.29 is 4.79 Å². The second-order valence-electron chi connectivity index (χ2n) is 6.70. The number of aromatic nitrogens is 4. The number of anilines is 1. The van der Waals surface area contributed by atoms with Crippen molar-refractivity contribution >= 4 is 22.8 Å². The van der Waals surface area contributed by atoms with Crippen LogP contribution in [-0.2, 0) is 6.54 Å². The summed E-state index contributed by atoms with van der Waals surface area (Å²) < 4.78 is 1.85. The van der Waals surface area contributed by atoms with E-state index in [1.165, 1.54) is 0 Å². The third-order valence-corrected chi connectivity index (χ3v) is 4.53. The summed E-state index contributed by atoms with van der Waals surface area (Å²) in [5, 5.41) is 8.12. The maximum atomic E-state index is 12.5. The van der Waals surface area contributed by atoms with Gasteiger partial charge in [0, 0.05) is 43.5 Å². The first kappa shape index (κ1) is 18.8. The van der Waals surface area contributed by atoms with E-state index in [0.29, 0.717) is 12.1 Å². The van der Waals surface area contributed by atoms with Crippen LogP contribution in [0.25, 0.3) is 11.0 Å². The van der Waals surface area contributed by atoms with Gasteiger partial charge < -0.3 is 10.2 Å². The molecule has 3 aromatic heterocycles. The van der Waals surface area contributed by atoms with Crippen LogP contribution >= 0.6 is 0 Å². The predicted octanol–water partition coefficient (Wildman–Crippen LogP) is 3.18. The van der Waals surface area contributed by atoms with E-state index in [1.54, 1.807) is 12.4 Å². The number of nitrogens with one attached hydrogen (secondary N) is 1. The smallest absolute Gasteiger partial charge is 0.253 e. The first-order chi connectivity index (χ1) is 13.0. The number of rotatable bonds is 7. The zero-order valence-electron chi connectivity index (χ0n) is 16.3. The van der Waals surface area contributed by atoms with E-state index in [4.69, 9.17) is 0 Å². The molecule has 0 atom stereocenters. The van der Waals surface area contributed by atoms with Crippen LogP contribution in [0.5, 0.6) is 0 Å². The second-order valence-corrected chi connectivity index (χ2v) is 6.70. The Morgan fingerprint density at radius 1 is 1.15 bits per heavy atom. The molecule has 7 nitrogen and oxygen atoms in total. The summed E-state index contributed by atoms with van der Waals surface area (Å²) in [6, 6.07) is 6.03. The van der Waals surface area contributed by atoms with E-state index in [0.717, 1.165) is 35.5 Å². The molecule has 0 saturated carbocycles. The fourth-order valence-corrected chi connectivity index (χ4v) is 2.98. The number of hydrogen-bond donors (Lipinski definition) is 1. The Labute approximate surface area is 159 Å². The molecule has 7 heteroatoms. The molecule has 1 N–H and O–H groups in total. The van der Waals surface area contributed by atoms with Crippen molar-refractivity contribution in [3.8, 4) is 0 Å². The zero-order chi connectivity index (χ0) is 19.4. The number of pyridine rings is 2. The van der Waals surface area contributed by atoms with Gasteiger partial charge in [-0.2, -0.15) is 5.10 Å². The SMILES string of the molecule is CCN(CC)c1ccc(CNC(=O)c2cnc3c(cnn3C(C)C)c2)cn1. The first-order valence-electron chi connectivity index (χ1n) is 9.34. The summed E-state index contributed by atoms with van der Waals surface area (Å²) in [6.07, 6.45) is 5.15. The van der Waals surface area contributed by atoms with E-state index in [-0.39, 0.29) is 11.9 Å². The number of fused-ring (bicyclic) bond motifs is 1. The predicted molar refractivity (Wildman–Crippen MR) is 107 cm³/mol. The van der Waals surface area contributed by atoms with Gasteiger partial charge in [-0.15, -0.1) is 0 Å². The Hall–Kier alpha value is -2.96. The lowest BCUT2D eigenvalue weighted by Crippen LogP contribution is -2.24. The minimum atomic E-state index is -0.158. The molecular formula is C20H26N6O. The lowest BCUT2D eigenvalue weighted by Gasteiger charge is -2.19. The molecular weight excluding hydrogens is 340 g/mol. The standard InChI is InChI=1S/C20H26N6O/c1-5-25(6-2)18-8-7-15(10-21-18)11-23-20(27)17-9-16-13-24-26(14(3)4)19(16)22-12-17/h7-10,12-14H,5-6,11H2,1-4H3,(H,23,27). The maximum Gasteiger partial charge on any atom is 0.253 e. The second kappa shape index (κ2) is 8.16. The Balaban J connectivity index is 1.66. The fourth-order valence-electron chi connectivity index (χ4n) is 2.98. The molecule has 3 rings (SSSR count). The minimum Gasteiger partial charge on any atom is -0.357 e. The number of hydrogen-bond acceptors (Lipinski definition) is 5. The van der Waals surface area contributed by atoms with Crippen LogP contribution in [-0.4, -0.2) is 38.7 Å². The molecule has 0 unspecified atom stereocenters. The summed E-state index contributed by atoms with van der Waals surface area (Å²) in [4.78, 5) is 23.5. The van der Waals surface area contributed by atoms with Gasteiger partial charge in [0.1, 0.15) is 5.82 Å². The lowest BCUT2D eigenvalue weighted by molar-refractivity contribution is 0.0950. The molecule has 0 aromatic carbocycles. The quantitative estimate of drug-likeness (QED) is 0.695. The van der Waals surface area contributed by atoms with Gasteiger partial charge in [0.2, 0.25) is 0 Å². The van der Waals surface area contributed by atoms with Crippen molar-refractivity contribution in [1.82, 2.24) is 25.1 Å². The van der Waals surface area contributed by atoms with Crippen LogP contribution in [0.1, 0.15) is 49.7 Å². The van der Waals surface area contributed by atoms with Gasteiger partial charge in [-0.1, -0.05) is 6.07 Å². The lowest BCUT2D eigenvalue weighted by atomic mass is 10.2. The van der Waals surface area contributed by atoms with E-state index in [9.17, 15) is 4.79 Å². The molecule has 1 amide bonds. The third-order valence-electron chi connectivity index (χ3n) is 4.53. The molecule has 0 aliphatic carbocycles. The Kier molecular flexibility index (Phi) is 5.69. The molecule has 3 heterocycles. The van der Waals surface area contributed by atoms with Crippen LogP contribution in [0.3, 0.4) is 0 Å². The average Bonchev–Trinajstić information content (AvgIpc) is 3.11. The van der Waals surface area contributed by atoms with E-state index < -0.39 is 0 Å². The monoisotopic (exact) mass is 366 g/mol. The van der Waals surface area contributed by atoms with Crippen molar-refractivity contribution in [2.75, 3.05) is 18.0 Å². The third kappa shape index (κ3) is 4.07. The number of nitrogens with zero attached hydrogens (tertiary/aromatic N) is 5. The van der Waals surface area contributed by atoms with Gasteiger partial charge >= 0.3 is 0 Å². The molecule has 0 fully saturated rings. The average molecular weight is 366 g/mol. The highest BCUT2D eigenvalue weighted by Crippen LogP contribution is 2.17. The topological polar surface area (TPSA) is 75.9 Å². The van der Waals surface area contributed by atoms with Crippen molar-refractivity contribution in [2.45, 2.75) is 40.3 Å². The summed E-state index contributed by atoms with van der Waals surface area (Å²) in [5.41, 5.74) is 2.28. The zero-order valence-corrected chi connectivity index (χ0v) is 16.3. The molecule has 0 aliphatic heterocycles. The summed E-state index contributed by atoms with van der Waals surface area (Å²) in [5.74, 6) is 0.793. The molecule has 3 aromatic rings. The summed E-state index contributed by atoms with van der Waals surface area (Å²) >= 11 is 0. The van der Waals surface area contributed by atoms with Crippen molar-refractivity contribution in [2.24, 2.45) is 0 Å². The van der Waals surface area contributed by atoms with E-state index >= 15 is 0 Å². The normalized spacial score (nSPS) is 11.1. The maximum absolute atomic E-state index is 12.5. The fraction of sp³-hybridized carbons (Fsp3) is 0.400. The van der Waals surface area contributed by atoms with Crippen molar-refractivity contribution in [1.29, 1.82) is 0 Å². The van der Waals surface area contributed by atoms with Crippen LogP contribution in [0.2, 0.25) is 0 Å². The highest BCUT2D eigenvalue weighted by molar-refractivity contribution is 5.96. The van der Waals surface area contributed by atoms with Gasteiger partial charge in [0.15, 0.2) is 5.65 Å². The van der Waals surface area contributed by atoms with Crippen LogP contribution in [0.15, 0.2) is 36.8 Å². The molecule has 142 valence electrons. The van der Waals surface area contributed by atoms with Crippen molar-refractivity contribution in [3.63, 3.8) is 0 Å². The highest BCUT2D eigenvalue weighted by Gasteiger charge is 2.12. The molecule has 0 aliphatic rings. The van der Waals surface area contributed by atoms with Gasteiger partial charge in [-0.25, -0.2) is 14.6 Å². The van der Waals surface area contributed by atoms with Gasteiger partial charge in [-0.05, 0) is 45.4 Å². The van der Waals surface area contributed by atoms with Crippen LogP contribution in [0, 0.1) is 0 Å². The molecule has 0 spiro atoms. The van der Waals surface area contributed by atoms with E-state index in [2.05, 4.69) is 39.1 Å². The molecule has 0 bridgehead atoms. The number of carbonyl (C=O) groups is 1. The molecule has 0 saturated heterocycles. The highest BCUT2D eigenvalue weighted by atomic mass is 16.1. The van der Waals surface area contributed by atoms with Gasteiger partial charge in [0.25, 0.3) is 5.91 Å². The van der Waals surface area contributed by atoms with Crippen LogP contribution < -0.4 is 10.2 Å². The largest absolute Gasteiger partial charge is 0.357 e. The minimum absolute atomic E-state index is 0.158. The van der Waals surface area contributed by atoms with Crippen LogP contribution in [0.4, 0.5) is 5.82 Å². The molecule has 0 radical (unpaired) electrons. The summed E-state index contributed by atoms with van der Waals surface area (Å²) in [7, 11) is 0. The number of amides is 1. The van der Waals surface area contributed by atoms with E-state index in [1.807, 2.05) is 42.9 Å². The Morgan fingerprint density at radius 2 is 1.93 bits per heavy atom. The Morgan fingerprint density at radius 3 is 2.56 bits per heavy atom. The van der Waals surface area contributed by atoms with Gasteiger partial charge in [-0.3, -0.25) is 4.79 Å². The van der Waals surface area contributed by atoms with Crippen molar-refractivity contribution in [3.05, 3.63) is 47.9 Å².